The van der Waals surface area contributed by atoms with E-state index in [0.717, 1.165) is 0 Å². The lowest BCUT2D eigenvalue weighted by molar-refractivity contribution is -0.139. The fraction of sp³-hybridized carbons (Fsp3) is 0.400. The van der Waals surface area contributed by atoms with Crippen molar-refractivity contribution in [2.75, 3.05) is 6.54 Å². The molecule has 0 spiro atoms. The summed E-state index contributed by atoms with van der Waals surface area (Å²) in [6.07, 6.45) is 3.30. The van der Waals surface area contributed by atoms with Gasteiger partial charge in [-0.1, -0.05) is 0 Å². The molecular formula is C10H11N5O3. The number of hydrogen-bond donors (Lipinski definition) is 3. The summed E-state index contributed by atoms with van der Waals surface area (Å²) < 4.78 is 1.75. The molecule has 0 aliphatic carbocycles. The van der Waals surface area contributed by atoms with Crippen LogP contribution in [0.1, 0.15) is 12.5 Å². The maximum Gasteiger partial charge on any atom is 0.320 e. The third kappa shape index (κ3) is 1.58. The van der Waals surface area contributed by atoms with Crippen LogP contribution >= 0.6 is 0 Å². The van der Waals surface area contributed by atoms with E-state index >= 15 is 0 Å². The number of hydrogen-bond acceptors (Lipinski definition) is 5. The van der Waals surface area contributed by atoms with Crippen molar-refractivity contribution in [2.24, 2.45) is 0 Å². The molecular weight excluding hydrogens is 238 g/mol. The largest absolute Gasteiger partial charge is 0.480 e. The Hall–Kier alpha value is -2.22. The zero-order valence-electron chi connectivity index (χ0n) is 9.33. The Morgan fingerprint density at radius 2 is 2.33 bits per heavy atom. The van der Waals surface area contributed by atoms with Crippen LogP contribution in [0.15, 0.2) is 17.4 Å². The van der Waals surface area contributed by atoms with Crippen LogP contribution in [-0.4, -0.2) is 43.2 Å². The number of H-pyrrole nitrogens is 1. The third-order valence-corrected chi connectivity index (χ3v) is 3.16. The maximum atomic E-state index is 11.5. The molecule has 1 aliphatic heterocycles. The van der Waals surface area contributed by atoms with E-state index in [4.69, 9.17) is 5.11 Å². The molecule has 2 atom stereocenters. The summed E-state index contributed by atoms with van der Waals surface area (Å²) in [5.41, 5.74) is 0.465. The van der Waals surface area contributed by atoms with Crippen molar-refractivity contribution in [3.63, 3.8) is 0 Å². The first-order valence-electron chi connectivity index (χ1n) is 5.53. The second-order valence-corrected chi connectivity index (χ2v) is 4.24. The van der Waals surface area contributed by atoms with Crippen molar-refractivity contribution in [1.29, 1.82) is 0 Å². The lowest BCUT2D eigenvalue weighted by Crippen LogP contribution is -2.29. The molecule has 0 amide bonds. The number of carbonyl (C=O) groups is 1. The number of nitrogens with one attached hydrogen (secondary N) is 2. The molecule has 0 radical (unpaired) electrons. The van der Waals surface area contributed by atoms with Gasteiger partial charge in [0.2, 0.25) is 0 Å². The zero-order valence-corrected chi connectivity index (χ0v) is 9.33. The summed E-state index contributed by atoms with van der Waals surface area (Å²) in [4.78, 5) is 32.9. The predicted molar refractivity (Wildman–Crippen MR) is 61.2 cm³/mol. The van der Waals surface area contributed by atoms with Gasteiger partial charge in [0.15, 0.2) is 11.2 Å². The van der Waals surface area contributed by atoms with Gasteiger partial charge in [-0.25, -0.2) is 9.97 Å². The molecule has 8 nitrogen and oxygen atoms in total. The normalized spacial score (nSPS) is 23.6. The number of imidazole rings is 1. The smallest absolute Gasteiger partial charge is 0.320 e. The predicted octanol–water partition coefficient (Wildman–Crippen LogP) is -0.893. The lowest BCUT2D eigenvalue weighted by Gasteiger charge is -2.10. The van der Waals surface area contributed by atoms with E-state index in [-0.39, 0.29) is 17.1 Å². The number of aromatic amines is 1. The molecule has 2 unspecified atom stereocenters. The van der Waals surface area contributed by atoms with E-state index in [0.29, 0.717) is 18.6 Å². The summed E-state index contributed by atoms with van der Waals surface area (Å²) in [5, 5.41) is 11.8. The first-order chi connectivity index (χ1) is 8.66. The monoisotopic (exact) mass is 249 g/mol. The molecule has 3 heterocycles. The van der Waals surface area contributed by atoms with E-state index in [9.17, 15) is 9.59 Å². The number of rotatable bonds is 2. The fourth-order valence-electron chi connectivity index (χ4n) is 2.25. The number of aromatic nitrogens is 4. The molecule has 2 aromatic heterocycles. The lowest BCUT2D eigenvalue weighted by atomic mass is 10.2. The van der Waals surface area contributed by atoms with Gasteiger partial charge in [-0.15, -0.1) is 0 Å². The van der Waals surface area contributed by atoms with Crippen LogP contribution in [-0.2, 0) is 4.79 Å². The molecule has 1 saturated heterocycles. The van der Waals surface area contributed by atoms with Gasteiger partial charge in [0.25, 0.3) is 5.56 Å². The minimum atomic E-state index is -0.868. The zero-order chi connectivity index (χ0) is 12.7. The molecule has 0 bridgehead atoms. The van der Waals surface area contributed by atoms with Crippen LogP contribution in [0.2, 0.25) is 0 Å². The number of fused-ring (bicyclic) bond motifs is 1. The molecule has 0 saturated carbocycles. The summed E-state index contributed by atoms with van der Waals surface area (Å²) in [7, 11) is 0. The van der Waals surface area contributed by atoms with Crippen LogP contribution in [0.4, 0.5) is 0 Å². The second kappa shape index (κ2) is 3.91. The van der Waals surface area contributed by atoms with Crippen molar-refractivity contribution in [2.45, 2.75) is 18.5 Å². The van der Waals surface area contributed by atoms with E-state index in [1.165, 1.54) is 12.7 Å². The first kappa shape index (κ1) is 10.9. The topological polar surface area (TPSA) is 113 Å². The van der Waals surface area contributed by atoms with Crippen LogP contribution in [0.5, 0.6) is 0 Å². The number of carboxylic acids is 1. The quantitative estimate of drug-likeness (QED) is 0.636. The Labute approximate surface area is 101 Å². The summed E-state index contributed by atoms with van der Waals surface area (Å²) in [6.45, 7) is 0.525. The Bertz CT molecular complexity index is 661. The highest BCUT2D eigenvalue weighted by Gasteiger charge is 2.31. The van der Waals surface area contributed by atoms with Gasteiger partial charge in [0.05, 0.1) is 18.7 Å². The highest BCUT2D eigenvalue weighted by Crippen LogP contribution is 2.22. The Morgan fingerprint density at radius 1 is 1.50 bits per heavy atom. The van der Waals surface area contributed by atoms with E-state index in [1.807, 2.05) is 0 Å². The van der Waals surface area contributed by atoms with Gasteiger partial charge in [-0.2, -0.15) is 0 Å². The van der Waals surface area contributed by atoms with E-state index < -0.39 is 12.0 Å². The average Bonchev–Trinajstić information content (AvgIpc) is 2.94. The summed E-state index contributed by atoms with van der Waals surface area (Å²) >= 11 is 0. The van der Waals surface area contributed by atoms with Crippen molar-refractivity contribution >= 4 is 17.1 Å². The molecule has 3 N–H and O–H groups in total. The fourth-order valence-corrected chi connectivity index (χ4v) is 2.25. The Morgan fingerprint density at radius 3 is 3.06 bits per heavy atom. The van der Waals surface area contributed by atoms with Crippen molar-refractivity contribution in [3.05, 3.63) is 23.0 Å². The minimum Gasteiger partial charge on any atom is -0.480 e. The van der Waals surface area contributed by atoms with Gasteiger partial charge in [0, 0.05) is 6.54 Å². The van der Waals surface area contributed by atoms with Crippen LogP contribution in [0.25, 0.3) is 11.2 Å². The molecule has 3 rings (SSSR count). The van der Waals surface area contributed by atoms with Crippen molar-refractivity contribution in [1.82, 2.24) is 24.8 Å². The summed E-state index contributed by atoms with van der Waals surface area (Å²) in [5.74, 6) is -0.868. The Kier molecular flexibility index (Phi) is 2.37. The first-order valence-corrected chi connectivity index (χ1v) is 5.53. The van der Waals surface area contributed by atoms with Crippen LogP contribution in [0, 0.1) is 0 Å². The van der Waals surface area contributed by atoms with Gasteiger partial charge in [-0.3, -0.25) is 9.59 Å². The van der Waals surface area contributed by atoms with Gasteiger partial charge in [0.1, 0.15) is 6.04 Å². The number of nitrogens with zero attached hydrogens (tertiary/aromatic N) is 3. The second-order valence-electron chi connectivity index (χ2n) is 4.24. The van der Waals surface area contributed by atoms with E-state index in [2.05, 4.69) is 20.3 Å². The highest BCUT2D eigenvalue weighted by atomic mass is 16.4. The summed E-state index contributed by atoms with van der Waals surface area (Å²) in [6, 6.07) is -0.611. The minimum absolute atomic E-state index is 0.0506. The number of carboxylic acid groups (broad SMARTS) is 1. The highest BCUT2D eigenvalue weighted by molar-refractivity contribution is 5.74. The molecule has 18 heavy (non-hydrogen) atoms. The molecule has 1 aliphatic rings. The van der Waals surface area contributed by atoms with Gasteiger partial charge >= 0.3 is 5.97 Å². The maximum absolute atomic E-state index is 11.5. The molecule has 94 valence electrons. The van der Waals surface area contributed by atoms with Gasteiger partial charge < -0.3 is 20.0 Å². The third-order valence-electron chi connectivity index (χ3n) is 3.16. The van der Waals surface area contributed by atoms with Crippen LogP contribution in [0.3, 0.4) is 0 Å². The Balaban J connectivity index is 1.99. The molecule has 2 aromatic rings. The standard InChI is InChI=1S/C10H11N5O3/c16-9-7-8(12-3-13-9)15(4-14-7)5-1-6(10(17)18)11-2-5/h3-6,11H,1-2H2,(H,17,18)(H,12,13,16). The molecule has 0 aromatic carbocycles. The number of aliphatic carboxylic acids is 1. The van der Waals surface area contributed by atoms with E-state index in [1.54, 1.807) is 4.57 Å². The molecule has 1 fully saturated rings. The van der Waals surface area contributed by atoms with Crippen LogP contribution < -0.4 is 10.9 Å². The molecule has 8 heteroatoms. The van der Waals surface area contributed by atoms with Gasteiger partial charge in [-0.05, 0) is 6.42 Å². The SMILES string of the molecule is O=C(O)C1CC(n2cnc3c(=O)[nH]cnc32)CN1. The van der Waals surface area contributed by atoms with Crippen molar-refractivity contribution in [3.8, 4) is 0 Å². The van der Waals surface area contributed by atoms with Crippen molar-refractivity contribution < 1.29 is 9.90 Å². The average molecular weight is 249 g/mol.